The third-order valence-corrected chi connectivity index (χ3v) is 5.69. The lowest BCUT2D eigenvalue weighted by Gasteiger charge is -2.28. The van der Waals surface area contributed by atoms with Gasteiger partial charge in [-0.1, -0.05) is 15.9 Å². The molecule has 6 heteroatoms. The maximum atomic E-state index is 12.5. The average molecular weight is 442 g/mol. The largest absolute Gasteiger partial charge is 0.378 e. The SMILES string of the molecule is Cc1cc2cc(Br)ccc2n1CCNC(=O)c1ccc(N2CCOCC2)cc1. The molecule has 28 heavy (non-hydrogen) atoms. The van der Waals surface area contributed by atoms with Gasteiger partial charge in [-0.15, -0.1) is 0 Å². The number of carbonyl (C=O) groups excluding carboxylic acids is 1. The maximum absolute atomic E-state index is 12.5. The number of carbonyl (C=O) groups is 1. The second-order valence-electron chi connectivity index (χ2n) is 7.04. The van der Waals surface area contributed by atoms with Gasteiger partial charge in [-0.2, -0.15) is 0 Å². The molecule has 1 N–H and O–H groups in total. The van der Waals surface area contributed by atoms with Gasteiger partial charge in [-0.25, -0.2) is 0 Å². The van der Waals surface area contributed by atoms with E-state index in [0.717, 1.165) is 43.0 Å². The van der Waals surface area contributed by atoms with Gasteiger partial charge in [0.15, 0.2) is 0 Å². The zero-order valence-corrected chi connectivity index (χ0v) is 17.5. The molecule has 1 aromatic heterocycles. The number of nitrogens with one attached hydrogen (secondary N) is 1. The summed E-state index contributed by atoms with van der Waals surface area (Å²) < 4.78 is 8.70. The summed E-state index contributed by atoms with van der Waals surface area (Å²) in [6.07, 6.45) is 0. The van der Waals surface area contributed by atoms with Crippen molar-refractivity contribution in [3.63, 3.8) is 0 Å². The molecule has 146 valence electrons. The van der Waals surface area contributed by atoms with Gasteiger partial charge in [0.2, 0.25) is 0 Å². The molecule has 2 heterocycles. The highest BCUT2D eigenvalue weighted by molar-refractivity contribution is 9.10. The Morgan fingerprint density at radius 2 is 1.86 bits per heavy atom. The second-order valence-corrected chi connectivity index (χ2v) is 7.96. The predicted octanol–water partition coefficient (Wildman–Crippen LogP) is 3.98. The highest BCUT2D eigenvalue weighted by atomic mass is 79.9. The van der Waals surface area contributed by atoms with E-state index in [9.17, 15) is 4.79 Å². The Bertz CT molecular complexity index is 975. The number of aromatic nitrogens is 1. The molecule has 0 saturated carbocycles. The van der Waals surface area contributed by atoms with Crippen molar-refractivity contribution in [2.24, 2.45) is 0 Å². The first-order valence-corrected chi connectivity index (χ1v) is 10.4. The molecular formula is C22H24BrN3O2. The topological polar surface area (TPSA) is 46.5 Å². The van der Waals surface area contributed by atoms with Gasteiger partial charge >= 0.3 is 0 Å². The average Bonchev–Trinajstić information content (AvgIpc) is 3.03. The number of rotatable bonds is 5. The van der Waals surface area contributed by atoms with Crippen molar-refractivity contribution < 1.29 is 9.53 Å². The Labute approximate surface area is 173 Å². The van der Waals surface area contributed by atoms with Crippen molar-refractivity contribution in [1.29, 1.82) is 0 Å². The zero-order valence-electron chi connectivity index (χ0n) is 16.0. The molecule has 0 atom stereocenters. The minimum Gasteiger partial charge on any atom is -0.378 e. The van der Waals surface area contributed by atoms with Crippen LogP contribution in [0.3, 0.4) is 0 Å². The quantitative estimate of drug-likeness (QED) is 0.651. The molecule has 1 amide bonds. The third kappa shape index (κ3) is 4.08. The number of halogens is 1. The Morgan fingerprint density at radius 3 is 2.61 bits per heavy atom. The zero-order chi connectivity index (χ0) is 19.5. The number of benzene rings is 2. The van der Waals surface area contributed by atoms with Gasteiger partial charge in [0, 0.05) is 58.5 Å². The van der Waals surface area contributed by atoms with Crippen molar-refractivity contribution in [2.45, 2.75) is 13.5 Å². The molecule has 1 saturated heterocycles. The fourth-order valence-corrected chi connectivity index (χ4v) is 4.08. The first kappa shape index (κ1) is 19.0. The number of amides is 1. The Kier molecular flexibility index (Phi) is 5.69. The third-order valence-electron chi connectivity index (χ3n) is 5.20. The summed E-state index contributed by atoms with van der Waals surface area (Å²) in [5.74, 6) is -0.0367. The molecule has 5 nitrogen and oxygen atoms in total. The van der Waals surface area contributed by atoms with Crippen LogP contribution >= 0.6 is 15.9 Å². The molecule has 0 spiro atoms. The van der Waals surface area contributed by atoms with Crippen LogP contribution in [0, 0.1) is 6.92 Å². The van der Waals surface area contributed by atoms with Gasteiger partial charge in [-0.3, -0.25) is 4.79 Å². The molecule has 2 aromatic carbocycles. The number of aryl methyl sites for hydroxylation is 1. The van der Waals surface area contributed by atoms with Gasteiger partial charge in [-0.05, 0) is 55.5 Å². The molecule has 1 fully saturated rings. The summed E-state index contributed by atoms with van der Waals surface area (Å²) in [5, 5.41) is 4.24. The first-order valence-electron chi connectivity index (χ1n) is 9.58. The fourth-order valence-electron chi connectivity index (χ4n) is 3.71. The molecule has 3 aromatic rings. The van der Waals surface area contributed by atoms with Crippen LogP contribution in [-0.4, -0.2) is 43.3 Å². The van der Waals surface area contributed by atoms with Crippen LogP contribution in [0.4, 0.5) is 5.69 Å². The Morgan fingerprint density at radius 1 is 1.11 bits per heavy atom. The summed E-state index contributed by atoms with van der Waals surface area (Å²) in [4.78, 5) is 14.8. The highest BCUT2D eigenvalue weighted by Gasteiger charge is 2.12. The summed E-state index contributed by atoms with van der Waals surface area (Å²) >= 11 is 3.52. The van der Waals surface area contributed by atoms with Crippen molar-refractivity contribution in [2.75, 3.05) is 37.7 Å². The molecule has 0 aliphatic carbocycles. The highest BCUT2D eigenvalue weighted by Crippen LogP contribution is 2.23. The van der Waals surface area contributed by atoms with Crippen molar-refractivity contribution >= 4 is 38.4 Å². The van der Waals surface area contributed by atoms with E-state index >= 15 is 0 Å². The molecule has 1 aliphatic rings. The number of anilines is 1. The van der Waals surface area contributed by atoms with Gasteiger partial charge < -0.3 is 19.5 Å². The Balaban J connectivity index is 1.36. The standard InChI is InChI=1S/C22H24BrN3O2/c1-16-14-18-15-19(23)4-7-21(18)26(16)9-8-24-22(27)17-2-5-20(6-3-17)25-10-12-28-13-11-25/h2-7,14-15H,8-13H2,1H3,(H,24,27). The van der Waals surface area contributed by atoms with Crippen LogP contribution in [-0.2, 0) is 11.3 Å². The lowest BCUT2D eigenvalue weighted by Crippen LogP contribution is -2.36. The van der Waals surface area contributed by atoms with Crippen LogP contribution in [0.2, 0.25) is 0 Å². The van der Waals surface area contributed by atoms with E-state index < -0.39 is 0 Å². The molecule has 0 bridgehead atoms. The first-order chi connectivity index (χ1) is 13.6. The fraction of sp³-hybridized carbons (Fsp3) is 0.318. The molecule has 4 rings (SSSR count). The molecular weight excluding hydrogens is 418 g/mol. The Hall–Kier alpha value is -2.31. The lowest BCUT2D eigenvalue weighted by molar-refractivity contribution is 0.0952. The molecule has 0 unspecified atom stereocenters. The van der Waals surface area contributed by atoms with Crippen LogP contribution in [0.1, 0.15) is 16.1 Å². The second kappa shape index (κ2) is 8.37. The van der Waals surface area contributed by atoms with Gasteiger partial charge in [0.25, 0.3) is 5.91 Å². The number of ether oxygens (including phenoxy) is 1. The number of nitrogens with zero attached hydrogens (tertiary/aromatic N) is 2. The maximum Gasteiger partial charge on any atom is 0.251 e. The van der Waals surface area contributed by atoms with E-state index in [1.807, 2.05) is 30.3 Å². The van der Waals surface area contributed by atoms with Crippen LogP contribution in [0.15, 0.2) is 53.0 Å². The molecule has 1 aliphatic heterocycles. The minimum atomic E-state index is -0.0367. The summed E-state index contributed by atoms with van der Waals surface area (Å²) in [7, 11) is 0. The lowest BCUT2D eigenvalue weighted by atomic mass is 10.1. The van der Waals surface area contributed by atoms with E-state index in [1.54, 1.807) is 0 Å². The molecule has 0 radical (unpaired) electrons. The normalized spacial score (nSPS) is 14.4. The van der Waals surface area contributed by atoms with Crippen LogP contribution in [0.5, 0.6) is 0 Å². The van der Waals surface area contributed by atoms with Crippen molar-refractivity contribution in [3.8, 4) is 0 Å². The van der Waals surface area contributed by atoms with Crippen molar-refractivity contribution in [1.82, 2.24) is 9.88 Å². The number of hydrogen-bond acceptors (Lipinski definition) is 3. The summed E-state index contributed by atoms with van der Waals surface area (Å²) in [5.41, 5.74) is 4.21. The van der Waals surface area contributed by atoms with E-state index in [1.165, 1.54) is 16.6 Å². The van der Waals surface area contributed by atoms with Gasteiger partial charge in [0.05, 0.1) is 13.2 Å². The van der Waals surface area contributed by atoms with Crippen LogP contribution < -0.4 is 10.2 Å². The summed E-state index contributed by atoms with van der Waals surface area (Å²) in [6, 6.07) is 16.3. The number of fused-ring (bicyclic) bond motifs is 1. The smallest absolute Gasteiger partial charge is 0.251 e. The van der Waals surface area contributed by atoms with E-state index in [-0.39, 0.29) is 5.91 Å². The minimum absolute atomic E-state index is 0.0367. The van der Waals surface area contributed by atoms with E-state index in [4.69, 9.17) is 4.74 Å². The summed E-state index contributed by atoms with van der Waals surface area (Å²) in [6.45, 7) is 6.73. The van der Waals surface area contributed by atoms with E-state index in [2.05, 4.69) is 55.8 Å². The number of morpholine rings is 1. The van der Waals surface area contributed by atoms with Crippen molar-refractivity contribution in [3.05, 3.63) is 64.3 Å². The predicted molar refractivity (Wildman–Crippen MR) is 116 cm³/mol. The number of hydrogen-bond donors (Lipinski definition) is 1. The van der Waals surface area contributed by atoms with Crippen LogP contribution in [0.25, 0.3) is 10.9 Å². The van der Waals surface area contributed by atoms with Gasteiger partial charge in [0.1, 0.15) is 0 Å². The van der Waals surface area contributed by atoms with E-state index in [0.29, 0.717) is 12.1 Å². The monoisotopic (exact) mass is 441 g/mol.